The normalized spacial score (nSPS) is 30.8. The average molecular weight is 260 g/mol. The Hall–Kier alpha value is -1.55. The van der Waals surface area contributed by atoms with Gasteiger partial charge in [-0.05, 0) is 37.9 Å². The third-order valence-corrected chi connectivity index (χ3v) is 4.50. The van der Waals surface area contributed by atoms with Crippen molar-refractivity contribution in [2.24, 2.45) is 0 Å². The lowest BCUT2D eigenvalue weighted by molar-refractivity contribution is -0.143. The molecule has 2 atom stereocenters. The minimum Gasteiger partial charge on any atom is -0.479 e. The van der Waals surface area contributed by atoms with Crippen molar-refractivity contribution in [2.75, 3.05) is 18.4 Å². The molecule has 1 aromatic rings. The number of para-hydroxylation sites is 1. The number of nitrogens with one attached hydrogen (secondary N) is 1. The molecule has 102 valence electrons. The molecule has 0 aliphatic carbocycles. The van der Waals surface area contributed by atoms with Crippen LogP contribution in [0.4, 0.5) is 5.69 Å². The number of anilines is 1. The van der Waals surface area contributed by atoms with E-state index in [-0.39, 0.29) is 6.04 Å². The topological polar surface area (TPSA) is 52.6 Å². The minimum absolute atomic E-state index is 0.124. The van der Waals surface area contributed by atoms with E-state index in [1.54, 1.807) is 0 Å². The fourth-order valence-corrected chi connectivity index (χ4v) is 3.53. The van der Waals surface area contributed by atoms with Crippen LogP contribution in [0.1, 0.15) is 25.7 Å². The molecule has 2 heterocycles. The van der Waals surface area contributed by atoms with Crippen molar-refractivity contribution >= 4 is 11.7 Å². The average Bonchev–Trinajstić information content (AvgIpc) is 2.81. The zero-order valence-electron chi connectivity index (χ0n) is 11.0. The fraction of sp³-hybridized carbons (Fsp3) is 0.533. The zero-order valence-corrected chi connectivity index (χ0v) is 11.0. The Balaban J connectivity index is 1.89. The van der Waals surface area contributed by atoms with E-state index in [9.17, 15) is 9.90 Å². The summed E-state index contributed by atoms with van der Waals surface area (Å²) in [6.07, 6.45) is 3.98. The van der Waals surface area contributed by atoms with Crippen LogP contribution in [0.5, 0.6) is 0 Å². The van der Waals surface area contributed by atoms with Crippen molar-refractivity contribution < 1.29 is 9.90 Å². The Kier molecular flexibility index (Phi) is 3.19. The molecule has 2 saturated heterocycles. The number of nitrogens with zero attached hydrogens (tertiary/aromatic N) is 1. The summed E-state index contributed by atoms with van der Waals surface area (Å²) in [5.74, 6) is -0.717. The largest absolute Gasteiger partial charge is 0.479 e. The molecule has 2 N–H and O–H groups in total. The smallest absolute Gasteiger partial charge is 0.331 e. The molecule has 0 spiro atoms. The SMILES string of the molecule is O=C(O)C1(Nc2ccccc2)CCN2CCCCC21. The Bertz CT molecular complexity index is 462. The predicted molar refractivity (Wildman–Crippen MR) is 74.3 cm³/mol. The number of hydrogen-bond donors (Lipinski definition) is 2. The Morgan fingerprint density at radius 3 is 2.79 bits per heavy atom. The monoisotopic (exact) mass is 260 g/mol. The van der Waals surface area contributed by atoms with Crippen molar-refractivity contribution in [3.05, 3.63) is 30.3 Å². The summed E-state index contributed by atoms with van der Waals surface area (Å²) in [6.45, 7) is 1.92. The highest BCUT2D eigenvalue weighted by atomic mass is 16.4. The molecular weight excluding hydrogens is 240 g/mol. The molecule has 2 fully saturated rings. The Labute approximate surface area is 113 Å². The van der Waals surface area contributed by atoms with Gasteiger partial charge in [0.15, 0.2) is 5.54 Å². The summed E-state index contributed by atoms with van der Waals surface area (Å²) in [6, 6.07) is 9.82. The molecule has 0 bridgehead atoms. The van der Waals surface area contributed by atoms with Gasteiger partial charge in [0.25, 0.3) is 0 Å². The van der Waals surface area contributed by atoms with Crippen LogP contribution in [0.3, 0.4) is 0 Å². The number of piperidine rings is 1. The van der Waals surface area contributed by atoms with Gasteiger partial charge in [-0.25, -0.2) is 4.79 Å². The summed E-state index contributed by atoms with van der Waals surface area (Å²) in [5.41, 5.74) is 0.0826. The molecular formula is C15H20N2O2. The van der Waals surface area contributed by atoms with Gasteiger partial charge in [-0.3, -0.25) is 4.90 Å². The highest BCUT2D eigenvalue weighted by molar-refractivity contribution is 5.84. The van der Waals surface area contributed by atoms with Crippen LogP contribution in [0.2, 0.25) is 0 Å². The van der Waals surface area contributed by atoms with Crippen molar-refractivity contribution in [1.29, 1.82) is 0 Å². The standard InChI is InChI=1S/C15H20N2O2/c18-14(19)15(16-12-6-2-1-3-7-12)9-11-17-10-5-4-8-13(15)17/h1-3,6-7,13,16H,4-5,8-11H2,(H,18,19). The first-order chi connectivity index (χ1) is 9.22. The number of hydrogen-bond acceptors (Lipinski definition) is 3. The number of carbonyl (C=O) groups is 1. The molecule has 0 amide bonds. The minimum atomic E-state index is -0.818. The van der Waals surface area contributed by atoms with Crippen LogP contribution in [0.25, 0.3) is 0 Å². The molecule has 2 aliphatic rings. The van der Waals surface area contributed by atoms with E-state index in [0.717, 1.165) is 31.6 Å². The first-order valence-electron chi connectivity index (χ1n) is 7.03. The number of rotatable bonds is 3. The molecule has 4 nitrogen and oxygen atoms in total. The van der Waals surface area contributed by atoms with Crippen molar-refractivity contribution in [3.8, 4) is 0 Å². The maximum absolute atomic E-state index is 11.9. The van der Waals surface area contributed by atoms with Gasteiger partial charge < -0.3 is 10.4 Å². The lowest BCUT2D eigenvalue weighted by Gasteiger charge is -2.39. The van der Waals surface area contributed by atoms with Gasteiger partial charge in [-0.2, -0.15) is 0 Å². The summed E-state index contributed by atoms with van der Waals surface area (Å²) in [7, 11) is 0. The van der Waals surface area contributed by atoms with Crippen LogP contribution in [-0.4, -0.2) is 40.6 Å². The number of benzene rings is 1. The van der Waals surface area contributed by atoms with Crippen molar-refractivity contribution in [3.63, 3.8) is 0 Å². The maximum atomic E-state index is 11.9. The van der Waals surface area contributed by atoms with Gasteiger partial charge in [0.2, 0.25) is 0 Å². The third kappa shape index (κ3) is 2.10. The molecule has 2 unspecified atom stereocenters. The van der Waals surface area contributed by atoms with Gasteiger partial charge in [0.05, 0.1) is 0 Å². The van der Waals surface area contributed by atoms with E-state index in [1.165, 1.54) is 6.42 Å². The van der Waals surface area contributed by atoms with E-state index in [1.807, 2.05) is 30.3 Å². The second-order valence-electron chi connectivity index (χ2n) is 5.57. The summed E-state index contributed by atoms with van der Waals surface area (Å²) in [5, 5.41) is 13.1. The lowest BCUT2D eigenvalue weighted by atomic mass is 9.85. The highest BCUT2D eigenvalue weighted by Crippen LogP contribution is 2.37. The molecule has 0 aromatic heterocycles. The molecule has 3 rings (SSSR count). The first-order valence-corrected chi connectivity index (χ1v) is 7.03. The summed E-state index contributed by atoms with van der Waals surface area (Å²) in [4.78, 5) is 14.2. The fourth-order valence-electron chi connectivity index (χ4n) is 3.53. The third-order valence-electron chi connectivity index (χ3n) is 4.50. The van der Waals surface area contributed by atoms with Gasteiger partial charge >= 0.3 is 5.97 Å². The van der Waals surface area contributed by atoms with Gasteiger partial charge in [-0.15, -0.1) is 0 Å². The van der Waals surface area contributed by atoms with Gasteiger partial charge in [0, 0.05) is 18.3 Å². The van der Waals surface area contributed by atoms with E-state index < -0.39 is 11.5 Å². The Morgan fingerprint density at radius 2 is 2.05 bits per heavy atom. The highest BCUT2D eigenvalue weighted by Gasteiger charge is 2.53. The van der Waals surface area contributed by atoms with E-state index in [4.69, 9.17) is 0 Å². The maximum Gasteiger partial charge on any atom is 0.331 e. The van der Waals surface area contributed by atoms with E-state index >= 15 is 0 Å². The predicted octanol–water partition coefficient (Wildman–Crippen LogP) is 2.18. The zero-order chi connectivity index (χ0) is 13.3. The lowest BCUT2D eigenvalue weighted by Crippen LogP contribution is -2.57. The van der Waals surface area contributed by atoms with Crippen LogP contribution in [-0.2, 0) is 4.79 Å². The summed E-state index contributed by atoms with van der Waals surface area (Å²) < 4.78 is 0. The van der Waals surface area contributed by atoms with E-state index in [2.05, 4.69) is 10.2 Å². The van der Waals surface area contributed by atoms with Gasteiger partial charge in [0.1, 0.15) is 0 Å². The molecule has 19 heavy (non-hydrogen) atoms. The number of carboxylic acid groups (broad SMARTS) is 1. The second-order valence-corrected chi connectivity index (χ2v) is 5.57. The number of carboxylic acids is 1. The summed E-state index contributed by atoms with van der Waals surface area (Å²) >= 11 is 0. The molecule has 0 radical (unpaired) electrons. The van der Waals surface area contributed by atoms with Gasteiger partial charge in [-0.1, -0.05) is 24.6 Å². The van der Waals surface area contributed by atoms with Crippen molar-refractivity contribution in [1.82, 2.24) is 4.90 Å². The van der Waals surface area contributed by atoms with Crippen molar-refractivity contribution in [2.45, 2.75) is 37.3 Å². The molecule has 2 aliphatic heterocycles. The number of fused-ring (bicyclic) bond motifs is 1. The van der Waals surface area contributed by atoms with Crippen LogP contribution < -0.4 is 5.32 Å². The van der Waals surface area contributed by atoms with E-state index in [0.29, 0.717) is 6.42 Å². The first kappa shape index (κ1) is 12.5. The van der Waals surface area contributed by atoms with Crippen LogP contribution in [0, 0.1) is 0 Å². The second kappa shape index (κ2) is 4.85. The Morgan fingerprint density at radius 1 is 1.26 bits per heavy atom. The van der Waals surface area contributed by atoms with Crippen LogP contribution >= 0.6 is 0 Å². The molecule has 1 aromatic carbocycles. The number of aliphatic carboxylic acids is 1. The van der Waals surface area contributed by atoms with Crippen LogP contribution in [0.15, 0.2) is 30.3 Å². The molecule has 4 heteroatoms. The quantitative estimate of drug-likeness (QED) is 0.874. The molecule has 0 saturated carbocycles.